The highest BCUT2D eigenvalue weighted by atomic mass is 35.5. The SMILES string of the molecule is Cc1nn(CC(C)C)c(C)c1CC(=O)N1C[C@H]2CNC[C@H]2C1.Cl. The molecule has 2 atom stereocenters. The molecule has 1 amide bonds. The van der Waals surface area contributed by atoms with E-state index in [1.807, 2.05) is 6.92 Å². The first kappa shape index (κ1) is 18.3. The lowest BCUT2D eigenvalue weighted by atomic mass is 10.0. The van der Waals surface area contributed by atoms with Crippen molar-refractivity contribution in [2.75, 3.05) is 26.2 Å². The van der Waals surface area contributed by atoms with Crippen molar-refractivity contribution in [2.24, 2.45) is 17.8 Å². The van der Waals surface area contributed by atoms with Gasteiger partial charge in [-0.2, -0.15) is 5.10 Å². The number of fused-ring (bicyclic) bond motifs is 1. The van der Waals surface area contributed by atoms with Gasteiger partial charge in [0.05, 0.1) is 12.1 Å². The van der Waals surface area contributed by atoms with E-state index < -0.39 is 0 Å². The minimum Gasteiger partial charge on any atom is -0.342 e. The van der Waals surface area contributed by atoms with Crippen LogP contribution in [0.25, 0.3) is 0 Å². The smallest absolute Gasteiger partial charge is 0.227 e. The Morgan fingerprint density at radius 1 is 1.26 bits per heavy atom. The fraction of sp³-hybridized carbons (Fsp3) is 0.765. The predicted octanol–water partition coefficient (Wildman–Crippen LogP) is 1.80. The maximum atomic E-state index is 12.7. The van der Waals surface area contributed by atoms with Crippen molar-refractivity contribution >= 4 is 18.3 Å². The third kappa shape index (κ3) is 3.72. The third-order valence-electron chi connectivity index (χ3n) is 5.14. The van der Waals surface area contributed by atoms with Crippen LogP contribution in [0, 0.1) is 31.6 Å². The lowest BCUT2D eigenvalue weighted by Crippen LogP contribution is -2.33. The maximum absolute atomic E-state index is 12.7. The number of hydrogen-bond acceptors (Lipinski definition) is 3. The van der Waals surface area contributed by atoms with E-state index in [0.29, 0.717) is 24.2 Å². The minimum atomic E-state index is 0. The molecule has 0 aromatic carbocycles. The van der Waals surface area contributed by atoms with Crippen molar-refractivity contribution < 1.29 is 4.79 Å². The van der Waals surface area contributed by atoms with Crippen molar-refractivity contribution in [2.45, 2.75) is 40.7 Å². The number of carbonyl (C=O) groups excluding carboxylic acids is 1. The van der Waals surface area contributed by atoms with Gasteiger partial charge in [-0.05, 0) is 31.6 Å². The lowest BCUT2D eigenvalue weighted by Gasteiger charge is -2.17. The fourth-order valence-corrected chi connectivity index (χ4v) is 3.84. The number of aryl methyl sites for hydroxylation is 1. The van der Waals surface area contributed by atoms with Gasteiger partial charge in [-0.15, -0.1) is 12.4 Å². The summed E-state index contributed by atoms with van der Waals surface area (Å²) in [5.41, 5.74) is 3.29. The van der Waals surface area contributed by atoms with Gasteiger partial charge in [0.25, 0.3) is 0 Å². The maximum Gasteiger partial charge on any atom is 0.227 e. The van der Waals surface area contributed by atoms with Crippen molar-refractivity contribution in [1.29, 1.82) is 0 Å². The standard InChI is InChI=1S/C17H28N4O.ClH/c1-11(2)8-21-13(4)16(12(3)19-21)5-17(22)20-9-14-6-18-7-15(14)10-20;/h11,14-15,18H,5-10H2,1-4H3;1H/t14-,15+;. The number of likely N-dealkylation sites (tertiary alicyclic amines) is 1. The van der Waals surface area contributed by atoms with Crippen LogP contribution in [0.2, 0.25) is 0 Å². The molecule has 0 radical (unpaired) electrons. The Kier molecular flexibility index (Phi) is 5.74. The molecule has 0 saturated carbocycles. The molecular weight excluding hydrogens is 312 g/mol. The Bertz CT molecular complexity index is 557. The van der Waals surface area contributed by atoms with Gasteiger partial charge in [-0.1, -0.05) is 13.8 Å². The molecule has 130 valence electrons. The summed E-state index contributed by atoms with van der Waals surface area (Å²) in [5, 5.41) is 8.05. The number of aromatic nitrogens is 2. The van der Waals surface area contributed by atoms with Crippen LogP contribution in [-0.4, -0.2) is 46.8 Å². The molecule has 2 fully saturated rings. The van der Waals surface area contributed by atoms with Crippen LogP contribution >= 0.6 is 12.4 Å². The van der Waals surface area contributed by atoms with Crippen LogP contribution in [0.3, 0.4) is 0 Å². The van der Waals surface area contributed by atoms with Gasteiger partial charge in [-0.25, -0.2) is 0 Å². The first-order chi connectivity index (χ1) is 10.5. The van der Waals surface area contributed by atoms with E-state index in [1.54, 1.807) is 0 Å². The second-order valence-corrected chi connectivity index (χ2v) is 7.38. The zero-order chi connectivity index (χ0) is 15.9. The van der Waals surface area contributed by atoms with Crippen LogP contribution in [0.5, 0.6) is 0 Å². The monoisotopic (exact) mass is 340 g/mol. The predicted molar refractivity (Wildman–Crippen MR) is 93.9 cm³/mol. The summed E-state index contributed by atoms with van der Waals surface area (Å²) in [6.45, 7) is 13.4. The molecule has 6 heteroatoms. The average Bonchev–Trinajstić information content (AvgIpc) is 3.08. The number of nitrogens with one attached hydrogen (secondary N) is 1. The molecular formula is C17H29ClN4O. The molecule has 3 heterocycles. The molecule has 1 N–H and O–H groups in total. The average molecular weight is 341 g/mol. The summed E-state index contributed by atoms with van der Waals surface area (Å²) in [6, 6.07) is 0. The number of rotatable bonds is 4. The van der Waals surface area contributed by atoms with Gasteiger partial charge in [0.1, 0.15) is 0 Å². The zero-order valence-corrected chi connectivity index (χ0v) is 15.4. The van der Waals surface area contributed by atoms with E-state index in [9.17, 15) is 4.79 Å². The highest BCUT2D eigenvalue weighted by Gasteiger charge is 2.38. The second kappa shape index (κ2) is 7.22. The first-order valence-electron chi connectivity index (χ1n) is 8.47. The molecule has 3 rings (SSSR count). The Morgan fingerprint density at radius 2 is 1.87 bits per heavy atom. The Hall–Kier alpha value is -1.07. The van der Waals surface area contributed by atoms with E-state index in [-0.39, 0.29) is 18.3 Å². The van der Waals surface area contributed by atoms with Crippen LogP contribution in [0.4, 0.5) is 0 Å². The second-order valence-electron chi connectivity index (χ2n) is 7.38. The van der Waals surface area contributed by atoms with E-state index in [0.717, 1.165) is 49.7 Å². The molecule has 0 aliphatic carbocycles. The third-order valence-corrected chi connectivity index (χ3v) is 5.14. The molecule has 1 aromatic heterocycles. The summed E-state index contributed by atoms with van der Waals surface area (Å²) in [7, 11) is 0. The summed E-state index contributed by atoms with van der Waals surface area (Å²) >= 11 is 0. The highest BCUT2D eigenvalue weighted by molar-refractivity contribution is 5.85. The topological polar surface area (TPSA) is 50.2 Å². The Balaban J connectivity index is 0.00000192. The van der Waals surface area contributed by atoms with Crippen molar-refractivity contribution in [3.63, 3.8) is 0 Å². The fourth-order valence-electron chi connectivity index (χ4n) is 3.84. The van der Waals surface area contributed by atoms with E-state index >= 15 is 0 Å². The Labute approximate surface area is 145 Å². The molecule has 1 aromatic rings. The number of carbonyl (C=O) groups is 1. The molecule has 2 aliphatic heterocycles. The summed E-state index contributed by atoms with van der Waals surface area (Å²) in [5.74, 6) is 2.15. The van der Waals surface area contributed by atoms with Crippen LogP contribution in [0.15, 0.2) is 0 Å². The molecule has 0 unspecified atom stereocenters. The van der Waals surface area contributed by atoms with Gasteiger partial charge in [-0.3, -0.25) is 9.48 Å². The highest BCUT2D eigenvalue weighted by Crippen LogP contribution is 2.27. The summed E-state index contributed by atoms with van der Waals surface area (Å²) in [4.78, 5) is 14.7. The quantitative estimate of drug-likeness (QED) is 0.909. The number of nitrogens with zero attached hydrogens (tertiary/aromatic N) is 3. The van der Waals surface area contributed by atoms with Crippen molar-refractivity contribution in [1.82, 2.24) is 20.0 Å². The normalized spacial score (nSPS) is 23.3. The summed E-state index contributed by atoms with van der Waals surface area (Å²) < 4.78 is 2.06. The van der Waals surface area contributed by atoms with Gasteiger partial charge >= 0.3 is 0 Å². The van der Waals surface area contributed by atoms with E-state index in [2.05, 4.69) is 40.8 Å². The number of halogens is 1. The first-order valence-corrected chi connectivity index (χ1v) is 8.47. The summed E-state index contributed by atoms with van der Waals surface area (Å²) in [6.07, 6.45) is 0.503. The van der Waals surface area contributed by atoms with Gasteiger partial charge < -0.3 is 10.2 Å². The van der Waals surface area contributed by atoms with Crippen LogP contribution in [0.1, 0.15) is 30.8 Å². The molecule has 2 aliphatic rings. The number of amides is 1. The molecule has 5 nitrogen and oxygen atoms in total. The van der Waals surface area contributed by atoms with Gasteiger partial charge in [0.2, 0.25) is 5.91 Å². The van der Waals surface area contributed by atoms with E-state index in [1.165, 1.54) is 0 Å². The molecule has 0 spiro atoms. The van der Waals surface area contributed by atoms with Gasteiger partial charge in [0, 0.05) is 44.0 Å². The van der Waals surface area contributed by atoms with Crippen LogP contribution < -0.4 is 5.32 Å². The van der Waals surface area contributed by atoms with E-state index in [4.69, 9.17) is 0 Å². The lowest BCUT2D eigenvalue weighted by molar-refractivity contribution is -0.129. The zero-order valence-electron chi connectivity index (χ0n) is 14.6. The molecule has 0 bridgehead atoms. The molecule has 2 saturated heterocycles. The molecule has 23 heavy (non-hydrogen) atoms. The number of hydrogen-bond donors (Lipinski definition) is 1. The van der Waals surface area contributed by atoms with Crippen molar-refractivity contribution in [3.05, 3.63) is 17.0 Å². The van der Waals surface area contributed by atoms with Crippen LogP contribution in [-0.2, 0) is 17.8 Å². The Morgan fingerprint density at radius 3 is 2.43 bits per heavy atom. The largest absolute Gasteiger partial charge is 0.342 e. The van der Waals surface area contributed by atoms with Crippen molar-refractivity contribution in [3.8, 4) is 0 Å². The van der Waals surface area contributed by atoms with Gasteiger partial charge in [0.15, 0.2) is 0 Å². The minimum absolute atomic E-state index is 0.